The van der Waals surface area contributed by atoms with Gasteiger partial charge in [-0.15, -0.1) is 0 Å². The summed E-state index contributed by atoms with van der Waals surface area (Å²) in [5.41, 5.74) is -0.114. The normalized spacial score (nSPS) is 10.5. The Morgan fingerprint density at radius 1 is 1.12 bits per heavy atom. The topological polar surface area (TPSA) is 86.5 Å². The van der Waals surface area contributed by atoms with E-state index in [1.807, 2.05) is 0 Å². The molecule has 0 aliphatic carbocycles. The van der Waals surface area contributed by atoms with Gasteiger partial charge in [0, 0.05) is 12.1 Å². The van der Waals surface area contributed by atoms with Crippen LogP contribution in [0.4, 0.5) is 10.1 Å². The SMILES string of the molecule is O=C(C=Cc1ccccc1[N+](=O)[O-])OCC(=O)c1ccccc1F. The van der Waals surface area contributed by atoms with Gasteiger partial charge >= 0.3 is 5.97 Å². The van der Waals surface area contributed by atoms with Crippen molar-refractivity contribution in [2.75, 3.05) is 6.61 Å². The van der Waals surface area contributed by atoms with E-state index in [-0.39, 0.29) is 16.8 Å². The van der Waals surface area contributed by atoms with Crippen molar-refractivity contribution in [3.63, 3.8) is 0 Å². The predicted molar refractivity (Wildman–Crippen MR) is 83.8 cm³/mol. The number of halogens is 1. The zero-order valence-corrected chi connectivity index (χ0v) is 12.3. The van der Waals surface area contributed by atoms with Crippen LogP contribution < -0.4 is 0 Å². The van der Waals surface area contributed by atoms with Crippen molar-refractivity contribution >= 4 is 23.5 Å². The van der Waals surface area contributed by atoms with Crippen LogP contribution in [0.5, 0.6) is 0 Å². The maximum atomic E-state index is 13.4. The smallest absolute Gasteiger partial charge is 0.331 e. The lowest BCUT2D eigenvalue weighted by atomic mass is 10.1. The Balaban J connectivity index is 1.98. The van der Waals surface area contributed by atoms with Crippen LogP contribution in [0.2, 0.25) is 0 Å². The number of carbonyl (C=O) groups is 2. The minimum Gasteiger partial charge on any atom is -0.454 e. The van der Waals surface area contributed by atoms with Gasteiger partial charge in [-0.2, -0.15) is 0 Å². The predicted octanol–water partition coefficient (Wildman–Crippen LogP) is 3.17. The van der Waals surface area contributed by atoms with Gasteiger partial charge in [-0.3, -0.25) is 14.9 Å². The van der Waals surface area contributed by atoms with Crippen molar-refractivity contribution in [1.82, 2.24) is 0 Å². The Labute approximate surface area is 136 Å². The lowest BCUT2D eigenvalue weighted by molar-refractivity contribution is -0.385. The molecule has 0 amide bonds. The number of nitrogens with zero attached hydrogens (tertiary/aromatic N) is 1. The summed E-state index contributed by atoms with van der Waals surface area (Å²) in [6, 6.07) is 11.2. The lowest BCUT2D eigenvalue weighted by Gasteiger charge is -2.03. The van der Waals surface area contributed by atoms with E-state index < -0.39 is 29.1 Å². The van der Waals surface area contributed by atoms with Crippen LogP contribution in [-0.2, 0) is 9.53 Å². The van der Waals surface area contributed by atoms with Gasteiger partial charge < -0.3 is 4.74 Å². The molecule has 7 heteroatoms. The molecule has 0 aliphatic rings. The Morgan fingerprint density at radius 2 is 1.79 bits per heavy atom. The molecule has 0 atom stereocenters. The number of esters is 1. The average molecular weight is 329 g/mol. The minimum absolute atomic E-state index is 0.163. The van der Waals surface area contributed by atoms with Crippen molar-refractivity contribution in [2.24, 2.45) is 0 Å². The zero-order chi connectivity index (χ0) is 17.5. The van der Waals surface area contributed by atoms with Crippen molar-refractivity contribution in [3.8, 4) is 0 Å². The number of hydrogen-bond acceptors (Lipinski definition) is 5. The molecule has 0 saturated carbocycles. The number of nitro groups is 1. The molecule has 2 rings (SSSR count). The molecule has 24 heavy (non-hydrogen) atoms. The molecule has 0 radical (unpaired) electrons. The number of Topliss-reactive ketones (excluding diaryl/α,β-unsaturated/α-hetero) is 1. The lowest BCUT2D eigenvalue weighted by Crippen LogP contribution is -2.13. The third-order valence-corrected chi connectivity index (χ3v) is 3.05. The van der Waals surface area contributed by atoms with Crippen LogP contribution in [0.1, 0.15) is 15.9 Å². The first-order valence-electron chi connectivity index (χ1n) is 6.85. The second-order valence-electron chi connectivity index (χ2n) is 4.66. The number of rotatable bonds is 6. The van der Waals surface area contributed by atoms with Gasteiger partial charge in [-0.1, -0.05) is 24.3 Å². The van der Waals surface area contributed by atoms with E-state index >= 15 is 0 Å². The van der Waals surface area contributed by atoms with Crippen molar-refractivity contribution in [3.05, 3.63) is 81.7 Å². The van der Waals surface area contributed by atoms with Crippen molar-refractivity contribution in [1.29, 1.82) is 0 Å². The number of para-hydroxylation sites is 1. The van der Waals surface area contributed by atoms with Gasteiger partial charge in [-0.05, 0) is 24.3 Å². The molecule has 0 heterocycles. The molecule has 2 aromatic rings. The number of hydrogen-bond donors (Lipinski definition) is 0. The third-order valence-electron chi connectivity index (χ3n) is 3.05. The molecule has 0 unspecified atom stereocenters. The highest BCUT2D eigenvalue weighted by molar-refractivity contribution is 5.99. The van der Waals surface area contributed by atoms with Crippen LogP contribution in [0.3, 0.4) is 0 Å². The number of ether oxygens (including phenoxy) is 1. The number of nitro benzene ring substituents is 1. The Morgan fingerprint density at radius 3 is 2.50 bits per heavy atom. The average Bonchev–Trinajstić information content (AvgIpc) is 2.58. The van der Waals surface area contributed by atoms with Gasteiger partial charge in [0.25, 0.3) is 5.69 Å². The summed E-state index contributed by atoms with van der Waals surface area (Å²) in [6.45, 7) is -0.624. The molecule has 0 spiro atoms. The Kier molecular flexibility index (Phi) is 5.51. The summed E-state index contributed by atoms with van der Waals surface area (Å²) >= 11 is 0. The first-order chi connectivity index (χ1) is 11.5. The highest BCUT2D eigenvalue weighted by atomic mass is 19.1. The van der Waals surface area contributed by atoms with Crippen molar-refractivity contribution in [2.45, 2.75) is 0 Å². The number of carbonyl (C=O) groups excluding carboxylic acids is 2. The molecule has 0 N–H and O–H groups in total. The third kappa shape index (κ3) is 4.33. The van der Waals surface area contributed by atoms with E-state index in [9.17, 15) is 24.1 Å². The maximum absolute atomic E-state index is 13.4. The highest BCUT2D eigenvalue weighted by Gasteiger charge is 2.13. The van der Waals surface area contributed by atoms with Gasteiger partial charge in [0.1, 0.15) is 5.82 Å². The Bertz CT molecular complexity index is 816. The fourth-order valence-electron chi connectivity index (χ4n) is 1.90. The minimum atomic E-state index is -0.863. The summed E-state index contributed by atoms with van der Waals surface area (Å²) < 4.78 is 18.1. The van der Waals surface area contributed by atoms with Crippen LogP contribution in [0.15, 0.2) is 54.6 Å². The molecular formula is C17H12FNO5. The fraction of sp³-hybridized carbons (Fsp3) is 0.0588. The molecule has 6 nitrogen and oxygen atoms in total. The van der Waals surface area contributed by atoms with Gasteiger partial charge in [0.15, 0.2) is 6.61 Å². The molecule has 122 valence electrons. The summed E-state index contributed by atoms with van der Waals surface area (Å²) in [4.78, 5) is 33.6. The molecule has 0 bridgehead atoms. The second-order valence-corrected chi connectivity index (χ2v) is 4.66. The van der Waals surface area contributed by atoms with E-state index in [0.29, 0.717) is 0 Å². The molecular weight excluding hydrogens is 317 g/mol. The molecule has 0 aliphatic heterocycles. The molecule has 0 saturated heterocycles. The second kappa shape index (κ2) is 7.77. The van der Waals surface area contributed by atoms with Crippen LogP contribution >= 0.6 is 0 Å². The van der Waals surface area contributed by atoms with E-state index in [2.05, 4.69) is 0 Å². The highest BCUT2D eigenvalue weighted by Crippen LogP contribution is 2.18. The number of ketones is 1. The largest absolute Gasteiger partial charge is 0.454 e. The van der Waals surface area contributed by atoms with Gasteiger partial charge in [-0.25, -0.2) is 9.18 Å². The summed E-state index contributed by atoms with van der Waals surface area (Å²) in [5, 5.41) is 10.8. The fourth-order valence-corrected chi connectivity index (χ4v) is 1.90. The summed E-state index contributed by atoms with van der Waals surface area (Å²) in [7, 11) is 0. The van der Waals surface area contributed by atoms with Crippen molar-refractivity contribution < 1.29 is 23.6 Å². The molecule has 0 fully saturated rings. The monoisotopic (exact) mass is 329 g/mol. The maximum Gasteiger partial charge on any atom is 0.331 e. The van der Waals surface area contributed by atoms with Gasteiger partial charge in [0.05, 0.1) is 16.1 Å². The first-order valence-corrected chi connectivity index (χ1v) is 6.85. The van der Waals surface area contributed by atoms with E-state index in [1.54, 1.807) is 6.07 Å². The standard InChI is InChI=1S/C17H12FNO5/c18-14-7-3-2-6-13(14)16(20)11-24-17(21)10-9-12-5-1-4-8-15(12)19(22)23/h1-10H,11H2. The summed E-state index contributed by atoms with van der Waals surface area (Å²) in [5.74, 6) is -2.24. The van der Waals surface area contributed by atoms with E-state index in [1.165, 1.54) is 42.5 Å². The van der Waals surface area contributed by atoms with Gasteiger partial charge in [0.2, 0.25) is 5.78 Å². The number of benzene rings is 2. The van der Waals surface area contributed by atoms with Crippen LogP contribution in [0, 0.1) is 15.9 Å². The summed E-state index contributed by atoms with van der Waals surface area (Å²) in [6.07, 6.45) is 2.19. The van der Waals surface area contributed by atoms with Crippen LogP contribution in [-0.4, -0.2) is 23.3 Å². The van der Waals surface area contributed by atoms with E-state index in [4.69, 9.17) is 4.74 Å². The first kappa shape index (κ1) is 17.0. The van der Waals surface area contributed by atoms with E-state index in [0.717, 1.165) is 12.1 Å². The van der Waals surface area contributed by atoms with Crippen LogP contribution in [0.25, 0.3) is 6.08 Å². The zero-order valence-electron chi connectivity index (χ0n) is 12.3. The quantitative estimate of drug-likeness (QED) is 0.267. The molecule has 0 aromatic heterocycles. The molecule has 2 aromatic carbocycles. The Hall–Kier alpha value is -3.35.